The molecule has 1 unspecified atom stereocenters. The second-order valence-corrected chi connectivity index (χ2v) is 9.64. The summed E-state index contributed by atoms with van der Waals surface area (Å²) in [7, 11) is 0. The zero-order chi connectivity index (χ0) is 26.0. The molecular formula is C28H29F3N4O2. The molecule has 2 aliphatic rings. The number of aryl methyl sites for hydroxylation is 1. The number of ether oxygens (including phenoxy) is 1. The van der Waals surface area contributed by atoms with Crippen molar-refractivity contribution in [2.45, 2.75) is 44.8 Å². The van der Waals surface area contributed by atoms with Gasteiger partial charge in [0.25, 0.3) is 0 Å². The molecule has 3 aromatic rings. The number of aromatic nitrogens is 3. The highest BCUT2D eigenvalue weighted by atomic mass is 19.4. The predicted molar refractivity (Wildman–Crippen MR) is 134 cm³/mol. The molecule has 1 aliphatic heterocycles. The van der Waals surface area contributed by atoms with E-state index >= 15 is 0 Å². The van der Waals surface area contributed by atoms with Crippen LogP contribution >= 0.6 is 0 Å². The van der Waals surface area contributed by atoms with Gasteiger partial charge in [0, 0.05) is 37.3 Å². The molecule has 6 nitrogen and oxygen atoms in total. The largest absolute Gasteiger partial charge is 0.416 e. The Morgan fingerprint density at radius 1 is 1.14 bits per heavy atom. The number of H-pyrrole nitrogens is 1. The number of benzene rings is 1. The van der Waals surface area contributed by atoms with Gasteiger partial charge in [0.2, 0.25) is 0 Å². The van der Waals surface area contributed by atoms with Crippen LogP contribution in [0.4, 0.5) is 13.2 Å². The Bertz CT molecular complexity index is 1290. The second kappa shape index (κ2) is 10.6. The Morgan fingerprint density at radius 2 is 1.89 bits per heavy atom. The van der Waals surface area contributed by atoms with Crippen LogP contribution in [0.15, 0.2) is 48.8 Å². The number of nitrogens with one attached hydrogen (secondary N) is 1. The summed E-state index contributed by atoms with van der Waals surface area (Å²) in [6.07, 6.45) is 4.33. The lowest BCUT2D eigenvalue weighted by atomic mass is 9.90. The van der Waals surface area contributed by atoms with Crippen molar-refractivity contribution >= 4 is 11.4 Å². The minimum atomic E-state index is -4.40. The zero-order valence-electron chi connectivity index (χ0n) is 20.6. The number of carbonyl (C=O) groups is 1. The number of aromatic amines is 1. The summed E-state index contributed by atoms with van der Waals surface area (Å²) in [6.45, 7) is 5.63. The quantitative estimate of drug-likeness (QED) is 0.444. The van der Waals surface area contributed by atoms with Gasteiger partial charge in [-0.1, -0.05) is 24.3 Å². The molecule has 2 aromatic heterocycles. The van der Waals surface area contributed by atoms with Crippen LogP contribution in [0.3, 0.4) is 0 Å². The van der Waals surface area contributed by atoms with E-state index in [1.165, 1.54) is 23.9 Å². The minimum absolute atomic E-state index is 0.154. The molecule has 0 bridgehead atoms. The van der Waals surface area contributed by atoms with Crippen molar-refractivity contribution in [3.05, 3.63) is 76.9 Å². The molecule has 37 heavy (non-hydrogen) atoms. The van der Waals surface area contributed by atoms with Gasteiger partial charge in [0.05, 0.1) is 30.7 Å². The Morgan fingerprint density at radius 3 is 2.54 bits per heavy atom. The van der Waals surface area contributed by atoms with Crippen LogP contribution in [-0.2, 0) is 17.3 Å². The molecule has 3 heterocycles. The van der Waals surface area contributed by atoms with E-state index in [4.69, 9.17) is 9.72 Å². The van der Waals surface area contributed by atoms with Gasteiger partial charge in [0.15, 0.2) is 5.78 Å². The molecule has 1 aromatic carbocycles. The number of allylic oxidation sites excluding steroid dienone is 1. The molecular weight excluding hydrogens is 481 g/mol. The van der Waals surface area contributed by atoms with E-state index in [1.807, 2.05) is 13.0 Å². The topological polar surface area (TPSA) is 71.1 Å². The average Bonchev–Trinajstić information content (AvgIpc) is 3.40. The number of rotatable bonds is 6. The summed E-state index contributed by atoms with van der Waals surface area (Å²) in [5.41, 5.74) is 4.14. The molecule has 1 fully saturated rings. The van der Waals surface area contributed by atoms with Crippen LogP contribution in [0, 0.1) is 6.92 Å². The fourth-order valence-electron chi connectivity index (χ4n) is 5.08. The van der Waals surface area contributed by atoms with Crippen molar-refractivity contribution in [2.24, 2.45) is 0 Å². The highest BCUT2D eigenvalue weighted by molar-refractivity contribution is 5.96. The van der Waals surface area contributed by atoms with Crippen LogP contribution in [0.5, 0.6) is 0 Å². The van der Waals surface area contributed by atoms with Gasteiger partial charge in [-0.25, -0.2) is 4.98 Å². The zero-order valence-corrected chi connectivity index (χ0v) is 20.6. The third-order valence-corrected chi connectivity index (χ3v) is 7.11. The Balaban J connectivity index is 1.22. The van der Waals surface area contributed by atoms with Gasteiger partial charge < -0.3 is 9.72 Å². The SMILES string of the molecule is Cc1cc(CC(=O)c2cnc(-c3ccc(C(F)(F)F)cc3)[nH]2)cnc1C1=CCC(N2CCOCC2)CC1. The summed E-state index contributed by atoms with van der Waals surface area (Å²) in [5, 5.41) is 0. The van der Waals surface area contributed by atoms with Crippen LogP contribution in [0.25, 0.3) is 17.0 Å². The van der Waals surface area contributed by atoms with Gasteiger partial charge in [-0.2, -0.15) is 13.2 Å². The highest BCUT2D eigenvalue weighted by Crippen LogP contribution is 2.32. The van der Waals surface area contributed by atoms with Crippen molar-refractivity contribution in [3.63, 3.8) is 0 Å². The van der Waals surface area contributed by atoms with Crippen molar-refractivity contribution in [1.82, 2.24) is 19.9 Å². The number of morpholine rings is 1. The number of carbonyl (C=O) groups excluding carboxylic acids is 1. The summed E-state index contributed by atoms with van der Waals surface area (Å²) in [6, 6.07) is 7.24. The molecule has 5 rings (SSSR count). The van der Waals surface area contributed by atoms with Crippen LogP contribution < -0.4 is 0 Å². The predicted octanol–water partition coefficient (Wildman–Crippen LogP) is 5.49. The smallest absolute Gasteiger partial charge is 0.379 e. The van der Waals surface area contributed by atoms with Crippen molar-refractivity contribution in [1.29, 1.82) is 0 Å². The number of ketones is 1. The maximum atomic E-state index is 12.9. The van der Waals surface area contributed by atoms with Crippen LogP contribution in [-0.4, -0.2) is 58.0 Å². The number of alkyl halides is 3. The number of hydrogen-bond acceptors (Lipinski definition) is 5. The molecule has 1 saturated heterocycles. The number of nitrogens with zero attached hydrogens (tertiary/aromatic N) is 3. The Labute approximate surface area is 213 Å². The summed E-state index contributed by atoms with van der Waals surface area (Å²) < 4.78 is 43.9. The normalized spacial score (nSPS) is 19.0. The first-order chi connectivity index (χ1) is 17.8. The number of Topliss-reactive ketones (excluding diaryl/α,β-unsaturated/α-hetero) is 1. The van der Waals surface area contributed by atoms with E-state index in [1.54, 1.807) is 6.20 Å². The molecule has 0 saturated carbocycles. The lowest BCUT2D eigenvalue weighted by molar-refractivity contribution is -0.137. The lowest BCUT2D eigenvalue weighted by Crippen LogP contribution is -2.43. The highest BCUT2D eigenvalue weighted by Gasteiger charge is 2.30. The first-order valence-electron chi connectivity index (χ1n) is 12.5. The van der Waals surface area contributed by atoms with E-state index in [9.17, 15) is 18.0 Å². The number of halogens is 3. The molecule has 9 heteroatoms. The molecule has 194 valence electrons. The lowest BCUT2D eigenvalue weighted by Gasteiger charge is -2.36. The fourth-order valence-corrected chi connectivity index (χ4v) is 5.08. The fraction of sp³-hybridized carbons (Fsp3) is 0.393. The summed E-state index contributed by atoms with van der Waals surface area (Å²) in [4.78, 5) is 27.2. The van der Waals surface area contributed by atoms with Crippen LogP contribution in [0.2, 0.25) is 0 Å². The third kappa shape index (κ3) is 5.83. The average molecular weight is 511 g/mol. The molecule has 0 spiro atoms. The maximum absolute atomic E-state index is 12.9. The minimum Gasteiger partial charge on any atom is -0.379 e. The second-order valence-electron chi connectivity index (χ2n) is 9.64. The van der Waals surface area contributed by atoms with E-state index in [0.717, 1.165) is 74.5 Å². The Kier molecular flexibility index (Phi) is 7.26. The van der Waals surface area contributed by atoms with Crippen LogP contribution in [0.1, 0.15) is 52.1 Å². The van der Waals surface area contributed by atoms with Crippen molar-refractivity contribution in [2.75, 3.05) is 26.3 Å². The monoisotopic (exact) mass is 510 g/mol. The van der Waals surface area contributed by atoms with Crippen molar-refractivity contribution < 1.29 is 22.7 Å². The molecule has 0 amide bonds. The van der Waals surface area contributed by atoms with Gasteiger partial charge in [-0.3, -0.25) is 14.7 Å². The third-order valence-electron chi connectivity index (χ3n) is 7.11. The first-order valence-corrected chi connectivity index (χ1v) is 12.5. The molecule has 1 aliphatic carbocycles. The maximum Gasteiger partial charge on any atom is 0.416 e. The molecule has 1 atom stereocenters. The van der Waals surface area contributed by atoms with Gasteiger partial charge in [0.1, 0.15) is 11.5 Å². The molecule has 0 radical (unpaired) electrons. The molecule has 1 N–H and O–H groups in total. The Hall–Kier alpha value is -3.30. The van der Waals surface area contributed by atoms with Gasteiger partial charge >= 0.3 is 6.18 Å². The van der Waals surface area contributed by atoms with E-state index in [2.05, 4.69) is 20.9 Å². The van der Waals surface area contributed by atoms with Gasteiger partial charge in [-0.15, -0.1) is 0 Å². The van der Waals surface area contributed by atoms with Gasteiger partial charge in [-0.05, 0) is 55.0 Å². The van der Waals surface area contributed by atoms with E-state index < -0.39 is 11.7 Å². The van der Waals surface area contributed by atoms with Crippen molar-refractivity contribution in [3.8, 4) is 11.4 Å². The first kappa shape index (κ1) is 25.4. The standard InChI is InChI=1S/C28H29F3N4O2/c1-18-14-19(16-32-26(18)20-4-8-23(9-5-20)35-10-12-37-13-11-35)15-25(36)24-17-33-27(34-24)21-2-6-22(7-3-21)28(29,30)31/h2-4,6-7,14,16-17,23H,5,8-13,15H2,1H3,(H,33,34). The summed E-state index contributed by atoms with van der Waals surface area (Å²) >= 11 is 0. The number of hydrogen-bond donors (Lipinski definition) is 1. The van der Waals surface area contributed by atoms with E-state index in [0.29, 0.717) is 23.1 Å². The number of pyridine rings is 1. The summed E-state index contributed by atoms with van der Waals surface area (Å²) in [5.74, 6) is 0.186. The van der Waals surface area contributed by atoms with E-state index in [-0.39, 0.29) is 12.2 Å². The number of imidazole rings is 1.